The number of nitrogens with zero attached hydrogens (tertiary/aromatic N) is 1. The first kappa shape index (κ1) is 16.0. The van der Waals surface area contributed by atoms with Gasteiger partial charge in [-0.15, -0.1) is 0 Å². The highest BCUT2D eigenvalue weighted by Crippen LogP contribution is 2.20. The zero-order valence-corrected chi connectivity index (χ0v) is 14.6. The maximum atomic E-state index is 12.3. The van der Waals surface area contributed by atoms with Crippen molar-refractivity contribution in [3.63, 3.8) is 0 Å². The van der Waals surface area contributed by atoms with E-state index in [-0.39, 0.29) is 5.78 Å². The summed E-state index contributed by atoms with van der Waals surface area (Å²) in [6.45, 7) is 2.24. The van der Waals surface area contributed by atoms with E-state index in [1.807, 2.05) is 42.5 Å². The molecule has 3 heteroatoms. The molecule has 1 heterocycles. The zero-order chi connectivity index (χ0) is 16.1. The van der Waals surface area contributed by atoms with Crippen LogP contribution < -0.4 is 4.90 Å². The second-order valence-corrected chi connectivity index (χ2v) is 6.76. The molecule has 23 heavy (non-hydrogen) atoms. The van der Waals surface area contributed by atoms with Gasteiger partial charge in [-0.1, -0.05) is 34.1 Å². The first-order valence-electron chi connectivity index (χ1n) is 8.05. The Bertz CT molecular complexity index is 683. The van der Waals surface area contributed by atoms with Gasteiger partial charge < -0.3 is 4.90 Å². The van der Waals surface area contributed by atoms with E-state index in [9.17, 15) is 4.79 Å². The van der Waals surface area contributed by atoms with Gasteiger partial charge in [0.05, 0.1) is 0 Å². The van der Waals surface area contributed by atoms with E-state index < -0.39 is 0 Å². The average molecular weight is 370 g/mol. The lowest BCUT2D eigenvalue weighted by Gasteiger charge is -2.28. The summed E-state index contributed by atoms with van der Waals surface area (Å²) < 4.78 is 1.04. The van der Waals surface area contributed by atoms with Gasteiger partial charge in [-0.3, -0.25) is 4.79 Å². The van der Waals surface area contributed by atoms with Crippen LogP contribution in [0.5, 0.6) is 0 Å². The van der Waals surface area contributed by atoms with Crippen molar-refractivity contribution in [3.05, 3.63) is 70.2 Å². The average Bonchev–Trinajstić information content (AvgIpc) is 2.62. The van der Waals surface area contributed by atoms with E-state index in [4.69, 9.17) is 0 Å². The van der Waals surface area contributed by atoms with Gasteiger partial charge in [0, 0.05) is 28.8 Å². The third kappa shape index (κ3) is 4.32. The number of anilines is 1. The SMILES string of the molecule is O=C(C=Cc1ccc(Br)cc1)c1ccc(N2CCCCC2)cc1. The van der Waals surface area contributed by atoms with E-state index in [0.29, 0.717) is 0 Å². The van der Waals surface area contributed by atoms with E-state index in [0.717, 1.165) is 28.7 Å². The summed E-state index contributed by atoms with van der Waals surface area (Å²) in [5, 5.41) is 0. The van der Waals surface area contributed by atoms with Gasteiger partial charge in [0.2, 0.25) is 0 Å². The molecule has 0 unspecified atom stereocenters. The van der Waals surface area contributed by atoms with Crippen LogP contribution in [0.1, 0.15) is 35.2 Å². The molecule has 0 radical (unpaired) electrons. The number of allylic oxidation sites excluding steroid dienone is 1. The number of hydrogen-bond donors (Lipinski definition) is 0. The smallest absolute Gasteiger partial charge is 0.185 e. The van der Waals surface area contributed by atoms with Gasteiger partial charge in [0.1, 0.15) is 0 Å². The Kier molecular flexibility index (Phi) is 5.29. The molecule has 0 N–H and O–H groups in total. The summed E-state index contributed by atoms with van der Waals surface area (Å²) in [6, 6.07) is 15.9. The van der Waals surface area contributed by atoms with Crippen LogP contribution in [0, 0.1) is 0 Å². The molecule has 0 aliphatic carbocycles. The Morgan fingerprint density at radius 1 is 0.913 bits per heavy atom. The molecule has 1 saturated heterocycles. The van der Waals surface area contributed by atoms with Crippen molar-refractivity contribution in [2.45, 2.75) is 19.3 Å². The molecular weight excluding hydrogens is 350 g/mol. The summed E-state index contributed by atoms with van der Waals surface area (Å²) in [4.78, 5) is 14.7. The molecule has 1 aliphatic heterocycles. The number of hydrogen-bond acceptors (Lipinski definition) is 2. The number of carbonyl (C=O) groups excluding carboxylic acids is 1. The second kappa shape index (κ2) is 7.60. The lowest BCUT2D eigenvalue weighted by atomic mass is 10.1. The quantitative estimate of drug-likeness (QED) is 0.535. The highest BCUT2D eigenvalue weighted by molar-refractivity contribution is 9.10. The molecule has 2 aromatic carbocycles. The van der Waals surface area contributed by atoms with Crippen molar-refractivity contribution >= 4 is 33.5 Å². The predicted molar refractivity (Wildman–Crippen MR) is 100 cm³/mol. The standard InChI is InChI=1S/C20H20BrNO/c21-18-9-4-16(5-10-18)6-13-20(23)17-7-11-19(12-8-17)22-14-2-1-3-15-22/h4-13H,1-3,14-15H2. The van der Waals surface area contributed by atoms with Crippen molar-refractivity contribution in [3.8, 4) is 0 Å². The summed E-state index contributed by atoms with van der Waals surface area (Å²) in [5.41, 5.74) is 2.98. The van der Waals surface area contributed by atoms with Crippen LogP contribution in [-0.2, 0) is 0 Å². The van der Waals surface area contributed by atoms with Crippen LogP contribution in [0.2, 0.25) is 0 Å². The van der Waals surface area contributed by atoms with Crippen LogP contribution in [0.15, 0.2) is 59.1 Å². The van der Waals surface area contributed by atoms with Gasteiger partial charge in [0.25, 0.3) is 0 Å². The third-order valence-electron chi connectivity index (χ3n) is 4.17. The minimum atomic E-state index is 0.0399. The Labute approximate surface area is 146 Å². The van der Waals surface area contributed by atoms with E-state index in [2.05, 4.69) is 33.0 Å². The van der Waals surface area contributed by atoms with E-state index in [1.54, 1.807) is 6.08 Å². The molecule has 0 saturated carbocycles. The van der Waals surface area contributed by atoms with Crippen LogP contribution >= 0.6 is 15.9 Å². The van der Waals surface area contributed by atoms with Crippen molar-refractivity contribution in [2.24, 2.45) is 0 Å². The van der Waals surface area contributed by atoms with E-state index in [1.165, 1.54) is 24.9 Å². The summed E-state index contributed by atoms with van der Waals surface area (Å²) in [7, 11) is 0. The Morgan fingerprint density at radius 2 is 1.57 bits per heavy atom. The molecular formula is C20H20BrNO. The van der Waals surface area contributed by atoms with Gasteiger partial charge in [-0.25, -0.2) is 0 Å². The monoisotopic (exact) mass is 369 g/mol. The molecule has 0 aromatic heterocycles. The maximum Gasteiger partial charge on any atom is 0.185 e. The summed E-state index contributed by atoms with van der Waals surface area (Å²) in [6.07, 6.45) is 7.34. The number of rotatable bonds is 4. The van der Waals surface area contributed by atoms with Gasteiger partial charge in [-0.2, -0.15) is 0 Å². The van der Waals surface area contributed by atoms with E-state index >= 15 is 0 Å². The van der Waals surface area contributed by atoms with Gasteiger partial charge in [0.15, 0.2) is 5.78 Å². The number of carbonyl (C=O) groups is 1. The summed E-state index contributed by atoms with van der Waals surface area (Å²) in [5.74, 6) is 0.0399. The maximum absolute atomic E-state index is 12.3. The molecule has 2 aromatic rings. The fourth-order valence-corrected chi connectivity index (χ4v) is 3.09. The first-order chi connectivity index (χ1) is 11.2. The normalized spacial score (nSPS) is 15.1. The number of halogens is 1. The van der Waals surface area contributed by atoms with Crippen molar-refractivity contribution < 1.29 is 4.79 Å². The molecule has 2 nitrogen and oxygen atoms in total. The van der Waals surface area contributed by atoms with Crippen LogP contribution in [0.4, 0.5) is 5.69 Å². The zero-order valence-electron chi connectivity index (χ0n) is 13.0. The largest absolute Gasteiger partial charge is 0.372 e. The van der Waals surface area contributed by atoms with Crippen molar-refractivity contribution in [1.29, 1.82) is 0 Å². The van der Waals surface area contributed by atoms with Crippen LogP contribution in [-0.4, -0.2) is 18.9 Å². The van der Waals surface area contributed by atoms with Gasteiger partial charge in [-0.05, 0) is 67.3 Å². The summed E-state index contributed by atoms with van der Waals surface area (Å²) >= 11 is 3.41. The van der Waals surface area contributed by atoms with Gasteiger partial charge >= 0.3 is 0 Å². The molecule has 1 fully saturated rings. The molecule has 3 rings (SSSR count). The minimum Gasteiger partial charge on any atom is -0.372 e. The second-order valence-electron chi connectivity index (χ2n) is 5.84. The Hall–Kier alpha value is -1.87. The Morgan fingerprint density at radius 3 is 2.22 bits per heavy atom. The highest BCUT2D eigenvalue weighted by atomic mass is 79.9. The number of ketones is 1. The topological polar surface area (TPSA) is 20.3 Å². The van der Waals surface area contributed by atoms with Crippen molar-refractivity contribution in [2.75, 3.05) is 18.0 Å². The lowest BCUT2D eigenvalue weighted by Crippen LogP contribution is -2.29. The predicted octanol–water partition coefficient (Wildman–Crippen LogP) is 5.34. The highest BCUT2D eigenvalue weighted by Gasteiger charge is 2.11. The fourth-order valence-electron chi connectivity index (χ4n) is 2.83. The van der Waals surface area contributed by atoms with Crippen molar-refractivity contribution in [1.82, 2.24) is 0 Å². The molecule has 0 atom stereocenters. The van der Waals surface area contributed by atoms with Crippen LogP contribution in [0.3, 0.4) is 0 Å². The first-order valence-corrected chi connectivity index (χ1v) is 8.85. The number of piperidine rings is 1. The molecule has 0 spiro atoms. The Balaban J connectivity index is 1.66. The van der Waals surface area contributed by atoms with Crippen LogP contribution in [0.25, 0.3) is 6.08 Å². The minimum absolute atomic E-state index is 0.0399. The number of benzene rings is 2. The fraction of sp³-hybridized carbons (Fsp3) is 0.250. The molecule has 0 amide bonds. The molecule has 118 valence electrons. The third-order valence-corrected chi connectivity index (χ3v) is 4.70. The molecule has 1 aliphatic rings. The molecule has 0 bridgehead atoms. The lowest BCUT2D eigenvalue weighted by molar-refractivity contribution is 0.104.